The third-order valence-corrected chi connectivity index (χ3v) is 2.74. The number of benzene rings is 1. The molecule has 2 N–H and O–H groups in total. The first-order valence-electron chi connectivity index (χ1n) is 6.61. The van der Waals surface area contributed by atoms with Gasteiger partial charge in [-0.05, 0) is 50.2 Å². The molecular formula is C14H21F3N2. The van der Waals surface area contributed by atoms with E-state index in [-0.39, 0.29) is 0 Å². The summed E-state index contributed by atoms with van der Waals surface area (Å²) in [6, 6.07) is 5.29. The fourth-order valence-corrected chi connectivity index (χ4v) is 1.68. The molecule has 0 spiro atoms. The largest absolute Gasteiger partial charge is 0.416 e. The van der Waals surface area contributed by atoms with E-state index < -0.39 is 11.7 Å². The Hall–Kier alpha value is -1.07. The Morgan fingerprint density at radius 3 is 2.16 bits per heavy atom. The minimum Gasteiger partial charge on any atom is -0.317 e. The molecule has 0 saturated heterocycles. The van der Waals surface area contributed by atoms with Gasteiger partial charge < -0.3 is 10.6 Å². The van der Waals surface area contributed by atoms with Crippen LogP contribution in [-0.4, -0.2) is 19.6 Å². The first kappa shape index (κ1) is 16.0. The number of alkyl halides is 3. The summed E-state index contributed by atoms with van der Waals surface area (Å²) in [5, 5.41) is 6.51. The molecule has 1 rings (SSSR count). The van der Waals surface area contributed by atoms with Crippen molar-refractivity contribution in [3.8, 4) is 0 Å². The fraction of sp³-hybridized carbons (Fsp3) is 0.571. The maximum atomic E-state index is 12.4. The van der Waals surface area contributed by atoms with Crippen LogP contribution in [0.2, 0.25) is 0 Å². The highest BCUT2D eigenvalue weighted by atomic mass is 19.4. The fourth-order valence-electron chi connectivity index (χ4n) is 1.68. The van der Waals surface area contributed by atoms with Crippen LogP contribution in [0.3, 0.4) is 0 Å². The Bertz CT molecular complexity index is 347. The number of nitrogens with one attached hydrogen (secondary N) is 2. The third-order valence-electron chi connectivity index (χ3n) is 2.74. The molecule has 0 aliphatic heterocycles. The van der Waals surface area contributed by atoms with E-state index in [9.17, 15) is 13.2 Å². The summed E-state index contributed by atoms with van der Waals surface area (Å²) >= 11 is 0. The van der Waals surface area contributed by atoms with E-state index in [0.717, 1.165) is 50.2 Å². The second-order valence-electron chi connectivity index (χ2n) is 4.48. The second-order valence-corrected chi connectivity index (χ2v) is 4.48. The second kappa shape index (κ2) is 8.17. The van der Waals surface area contributed by atoms with E-state index in [4.69, 9.17) is 0 Å². The Morgan fingerprint density at radius 2 is 1.58 bits per heavy atom. The van der Waals surface area contributed by atoms with Crippen molar-refractivity contribution >= 4 is 0 Å². The Balaban J connectivity index is 2.20. The third kappa shape index (κ3) is 6.59. The van der Waals surface area contributed by atoms with Crippen LogP contribution in [0.1, 0.15) is 30.9 Å². The molecule has 108 valence electrons. The summed E-state index contributed by atoms with van der Waals surface area (Å²) in [7, 11) is 0. The topological polar surface area (TPSA) is 24.1 Å². The van der Waals surface area contributed by atoms with Gasteiger partial charge in [0.1, 0.15) is 0 Å². The molecule has 19 heavy (non-hydrogen) atoms. The van der Waals surface area contributed by atoms with Crippen molar-refractivity contribution in [1.29, 1.82) is 0 Å². The lowest BCUT2D eigenvalue weighted by molar-refractivity contribution is -0.137. The molecule has 0 aromatic heterocycles. The highest BCUT2D eigenvalue weighted by Crippen LogP contribution is 2.28. The molecule has 0 aliphatic rings. The van der Waals surface area contributed by atoms with Crippen LogP contribution >= 0.6 is 0 Å². The molecule has 2 nitrogen and oxygen atoms in total. The van der Waals surface area contributed by atoms with Crippen LogP contribution in [0.5, 0.6) is 0 Å². The average molecular weight is 274 g/mol. The van der Waals surface area contributed by atoms with E-state index in [0.29, 0.717) is 6.54 Å². The highest BCUT2D eigenvalue weighted by molar-refractivity contribution is 5.24. The first-order valence-corrected chi connectivity index (χ1v) is 6.61. The Morgan fingerprint density at radius 1 is 0.947 bits per heavy atom. The first-order chi connectivity index (χ1) is 9.04. The molecule has 0 heterocycles. The van der Waals surface area contributed by atoms with Gasteiger partial charge in [0.05, 0.1) is 5.56 Å². The van der Waals surface area contributed by atoms with Crippen LogP contribution in [0.4, 0.5) is 13.2 Å². The summed E-state index contributed by atoms with van der Waals surface area (Å²) in [4.78, 5) is 0. The quantitative estimate of drug-likeness (QED) is 0.711. The van der Waals surface area contributed by atoms with E-state index >= 15 is 0 Å². The number of halogens is 3. The SMILES string of the molecule is CCCNCCCNCc1ccc(C(F)(F)F)cc1. The lowest BCUT2D eigenvalue weighted by atomic mass is 10.1. The summed E-state index contributed by atoms with van der Waals surface area (Å²) in [5.74, 6) is 0. The van der Waals surface area contributed by atoms with Gasteiger partial charge in [-0.3, -0.25) is 0 Å². The van der Waals surface area contributed by atoms with Gasteiger partial charge in [0.15, 0.2) is 0 Å². The van der Waals surface area contributed by atoms with Crippen LogP contribution in [0, 0.1) is 0 Å². The molecule has 5 heteroatoms. The average Bonchev–Trinajstić information content (AvgIpc) is 2.37. The van der Waals surface area contributed by atoms with Gasteiger partial charge in [0, 0.05) is 6.54 Å². The molecule has 0 fully saturated rings. The van der Waals surface area contributed by atoms with Gasteiger partial charge in [0.25, 0.3) is 0 Å². The molecule has 0 aliphatic carbocycles. The maximum Gasteiger partial charge on any atom is 0.416 e. The Labute approximate surface area is 112 Å². The van der Waals surface area contributed by atoms with Crippen molar-refractivity contribution in [2.45, 2.75) is 32.5 Å². The molecule has 0 saturated carbocycles. The van der Waals surface area contributed by atoms with E-state index in [2.05, 4.69) is 17.6 Å². The molecule has 1 aromatic carbocycles. The van der Waals surface area contributed by atoms with Gasteiger partial charge in [-0.25, -0.2) is 0 Å². The Kier molecular flexibility index (Phi) is 6.87. The molecule has 0 bridgehead atoms. The van der Waals surface area contributed by atoms with Gasteiger partial charge in [0.2, 0.25) is 0 Å². The summed E-state index contributed by atoms with van der Waals surface area (Å²) in [5.41, 5.74) is 0.273. The normalized spacial score (nSPS) is 11.8. The smallest absolute Gasteiger partial charge is 0.317 e. The van der Waals surface area contributed by atoms with Gasteiger partial charge in [-0.15, -0.1) is 0 Å². The summed E-state index contributed by atoms with van der Waals surface area (Å²) < 4.78 is 37.1. The van der Waals surface area contributed by atoms with E-state index in [1.807, 2.05) is 0 Å². The molecule has 0 atom stereocenters. The molecule has 0 radical (unpaired) electrons. The van der Waals surface area contributed by atoms with Gasteiger partial charge in [-0.2, -0.15) is 13.2 Å². The highest BCUT2D eigenvalue weighted by Gasteiger charge is 2.29. The van der Waals surface area contributed by atoms with Crippen molar-refractivity contribution < 1.29 is 13.2 Å². The van der Waals surface area contributed by atoms with Gasteiger partial charge >= 0.3 is 6.18 Å². The minimum atomic E-state index is -4.25. The lowest BCUT2D eigenvalue weighted by Gasteiger charge is -2.08. The number of hydrogen-bond donors (Lipinski definition) is 2. The predicted molar refractivity (Wildman–Crippen MR) is 70.9 cm³/mol. The maximum absolute atomic E-state index is 12.4. The number of hydrogen-bond acceptors (Lipinski definition) is 2. The number of rotatable bonds is 8. The van der Waals surface area contributed by atoms with Crippen molar-refractivity contribution in [3.05, 3.63) is 35.4 Å². The summed E-state index contributed by atoms with van der Waals surface area (Å²) in [6.07, 6.45) is -2.11. The lowest BCUT2D eigenvalue weighted by Crippen LogP contribution is -2.22. The summed E-state index contributed by atoms with van der Waals surface area (Å²) in [6.45, 7) is 5.58. The van der Waals surface area contributed by atoms with Gasteiger partial charge in [-0.1, -0.05) is 19.1 Å². The van der Waals surface area contributed by atoms with E-state index in [1.165, 1.54) is 12.1 Å². The van der Waals surface area contributed by atoms with Crippen LogP contribution < -0.4 is 10.6 Å². The molecule has 0 amide bonds. The van der Waals surface area contributed by atoms with Crippen LogP contribution in [0.15, 0.2) is 24.3 Å². The van der Waals surface area contributed by atoms with Crippen molar-refractivity contribution in [3.63, 3.8) is 0 Å². The zero-order chi connectivity index (χ0) is 14.1. The molecule has 0 unspecified atom stereocenters. The van der Waals surface area contributed by atoms with Crippen LogP contribution in [0.25, 0.3) is 0 Å². The monoisotopic (exact) mass is 274 g/mol. The molecular weight excluding hydrogens is 253 g/mol. The minimum absolute atomic E-state index is 0.597. The van der Waals surface area contributed by atoms with Crippen molar-refractivity contribution in [1.82, 2.24) is 10.6 Å². The standard InChI is InChI=1S/C14H21F3N2/c1-2-8-18-9-3-10-19-11-12-4-6-13(7-5-12)14(15,16)17/h4-7,18-19H,2-3,8-11H2,1H3. The zero-order valence-corrected chi connectivity index (χ0v) is 11.2. The van der Waals surface area contributed by atoms with Crippen LogP contribution in [-0.2, 0) is 12.7 Å². The van der Waals surface area contributed by atoms with Crippen molar-refractivity contribution in [2.75, 3.05) is 19.6 Å². The van der Waals surface area contributed by atoms with Crippen molar-refractivity contribution in [2.24, 2.45) is 0 Å². The molecule has 1 aromatic rings. The van der Waals surface area contributed by atoms with E-state index in [1.54, 1.807) is 0 Å². The predicted octanol–water partition coefficient (Wildman–Crippen LogP) is 3.18. The zero-order valence-electron chi connectivity index (χ0n) is 11.2.